The molecule has 2 aromatic heterocycles. The van der Waals surface area contributed by atoms with Crippen molar-refractivity contribution in [2.45, 2.75) is 39.3 Å². The molecule has 0 aliphatic rings. The van der Waals surface area contributed by atoms with Crippen LogP contribution in [0.3, 0.4) is 0 Å². The number of rotatable bonds is 7. The van der Waals surface area contributed by atoms with Crippen LogP contribution in [-0.4, -0.2) is 26.3 Å². The molecule has 5 nitrogen and oxygen atoms in total. The van der Waals surface area contributed by atoms with Crippen molar-refractivity contribution >= 4 is 0 Å². The molecule has 0 saturated carbocycles. The molecular weight excluding hydrogens is 238 g/mol. The quantitative estimate of drug-likeness (QED) is 0.826. The molecule has 1 N–H and O–H groups in total. The number of hydrogen-bond acceptors (Lipinski definition) is 4. The molecule has 0 fully saturated rings. The largest absolute Gasteiger partial charge is 0.335 e. The van der Waals surface area contributed by atoms with Gasteiger partial charge in [-0.25, -0.2) is 4.98 Å². The van der Waals surface area contributed by atoms with E-state index >= 15 is 0 Å². The maximum absolute atomic E-state index is 4.47. The zero-order valence-corrected chi connectivity index (χ0v) is 11.6. The molecule has 0 radical (unpaired) electrons. The fourth-order valence-corrected chi connectivity index (χ4v) is 2.22. The standard InChI is InChI=1S/C14H21N5/c1-3-8-19-9-7-16-14(19)10-13(15-4-2)12-5-6-17-18-11-12/h5-7,9,11,13,15H,3-4,8,10H2,1-2H3. The van der Waals surface area contributed by atoms with Gasteiger partial charge in [0.15, 0.2) is 0 Å². The summed E-state index contributed by atoms with van der Waals surface area (Å²) in [6.45, 7) is 6.22. The molecule has 0 spiro atoms. The van der Waals surface area contributed by atoms with Gasteiger partial charge in [-0.2, -0.15) is 10.2 Å². The highest BCUT2D eigenvalue weighted by Crippen LogP contribution is 2.16. The Morgan fingerprint density at radius 1 is 1.26 bits per heavy atom. The van der Waals surface area contributed by atoms with Crippen molar-refractivity contribution < 1.29 is 0 Å². The van der Waals surface area contributed by atoms with Gasteiger partial charge in [-0.05, 0) is 24.6 Å². The van der Waals surface area contributed by atoms with Gasteiger partial charge >= 0.3 is 0 Å². The first-order valence-electron chi connectivity index (χ1n) is 6.85. The Morgan fingerprint density at radius 3 is 2.84 bits per heavy atom. The highest BCUT2D eigenvalue weighted by atomic mass is 15.1. The normalized spacial score (nSPS) is 12.5. The zero-order chi connectivity index (χ0) is 13.5. The summed E-state index contributed by atoms with van der Waals surface area (Å²) in [5, 5.41) is 11.3. The molecule has 2 heterocycles. The van der Waals surface area contributed by atoms with E-state index in [0.29, 0.717) is 0 Å². The Morgan fingerprint density at radius 2 is 2.16 bits per heavy atom. The van der Waals surface area contributed by atoms with Crippen molar-refractivity contribution in [1.29, 1.82) is 0 Å². The number of imidazole rings is 1. The number of likely N-dealkylation sites (N-methyl/N-ethyl adjacent to an activating group) is 1. The molecule has 2 aromatic rings. The van der Waals surface area contributed by atoms with E-state index in [4.69, 9.17) is 0 Å². The third-order valence-corrected chi connectivity index (χ3v) is 3.11. The van der Waals surface area contributed by atoms with Crippen LogP contribution in [0.15, 0.2) is 30.9 Å². The van der Waals surface area contributed by atoms with E-state index in [-0.39, 0.29) is 6.04 Å². The fourth-order valence-electron chi connectivity index (χ4n) is 2.22. The van der Waals surface area contributed by atoms with Crippen LogP contribution in [-0.2, 0) is 13.0 Å². The first-order chi connectivity index (χ1) is 9.35. The second-order valence-electron chi connectivity index (χ2n) is 4.53. The van der Waals surface area contributed by atoms with Crippen molar-refractivity contribution in [2.24, 2.45) is 0 Å². The maximum Gasteiger partial charge on any atom is 0.110 e. The van der Waals surface area contributed by atoms with Crippen LogP contribution in [0.1, 0.15) is 37.7 Å². The summed E-state index contributed by atoms with van der Waals surface area (Å²) in [6, 6.07) is 2.24. The van der Waals surface area contributed by atoms with Crippen LogP contribution < -0.4 is 5.32 Å². The van der Waals surface area contributed by atoms with Crippen LogP contribution in [0.25, 0.3) is 0 Å². The van der Waals surface area contributed by atoms with Gasteiger partial charge in [-0.3, -0.25) is 0 Å². The van der Waals surface area contributed by atoms with E-state index in [2.05, 4.69) is 38.9 Å². The predicted octanol–water partition coefficient (Wildman–Crippen LogP) is 1.98. The minimum atomic E-state index is 0.235. The smallest absolute Gasteiger partial charge is 0.110 e. The van der Waals surface area contributed by atoms with Crippen LogP contribution in [0.5, 0.6) is 0 Å². The molecule has 5 heteroatoms. The predicted molar refractivity (Wildman–Crippen MR) is 74.7 cm³/mol. The summed E-state index contributed by atoms with van der Waals surface area (Å²) in [7, 11) is 0. The van der Waals surface area contributed by atoms with Crippen molar-refractivity contribution in [3.8, 4) is 0 Å². The lowest BCUT2D eigenvalue weighted by Crippen LogP contribution is -2.24. The van der Waals surface area contributed by atoms with Gasteiger partial charge in [-0.15, -0.1) is 0 Å². The molecule has 2 rings (SSSR count). The molecule has 19 heavy (non-hydrogen) atoms. The van der Waals surface area contributed by atoms with Gasteiger partial charge in [-0.1, -0.05) is 13.8 Å². The Labute approximate surface area is 114 Å². The van der Waals surface area contributed by atoms with E-state index in [9.17, 15) is 0 Å². The first-order valence-corrected chi connectivity index (χ1v) is 6.85. The van der Waals surface area contributed by atoms with Gasteiger partial charge in [0.05, 0.1) is 6.20 Å². The van der Waals surface area contributed by atoms with Crippen molar-refractivity contribution in [3.63, 3.8) is 0 Å². The van der Waals surface area contributed by atoms with E-state index in [1.165, 1.54) is 0 Å². The van der Waals surface area contributed by atoms with E-state index in [0.717, 1.165) is 37.3 Å². The summed E-state index contributed by atoms with van der Waals surface area (Å²) in [5.41, 5.74) is 1.16. The molecule has 1 unspecified atom stereocenters. The zero-order valence-electron chi connectivity index (χ0n) is 11.6. The Hall–Kier alpha value is -1.75. The van der Waals surface area contributed by atoms with Crippen molar-refractivity contribution in [2.75, 3.05) is 6.54 Å². The maximum atomic E-state index is 4.47. The van der Waals surface area contributed by atoms with Gasteiger partial charge in [0.25, 0.3) is 0 Å². The van der Waals surface area contributed by atoms with Crippen LogP contribution >= 0.6 is 0 Å². The minimum absolute atomic E-state index is 0.235. The SMILES string of the molecule is CCCn1ccnc1CC(NCC)c1ccnnc1. The Kier molecular flexibility index (Phi) is 5.03. The van der Waals surface area contributed by atoms with E-state index < -0.39 is 0 Å². The highest BCUT2D eigenvalue weighted by Gasteiger charge is 2.14. The monoisotopic (exact) mass is 259 g/mol. The number of nitrogens with zero attached hydrogens (tertiary/aromatic N) is 4. The fraction of sp³-hybridized carbons (Fsp3) is 0.500. The van der Waals surface area contributed by atoms with E-state index in [1.807, 2.05) is 24.7 Å². The van der Waals surface area contributed by atoms with E-state index in [1.54, 1.807) is 6.20 Å². The lowest BCUT2D eigenvalue weighted by molar-refractivity contribution is 0.514. The summed E-state index contributed by atoms with van der Waals surface area (Å²) in [4.78, 5) is 4.47. The van der Waals surface area contributed by atoms with Gasteiger partial charge in [0.2, 0.25) is 0 Å². The topological polar surface area (TPSA) is 55.6 Å². The first kappa shape index (κ1) is 13.7. The molecule has 0 aliphatic heterocycles. The Balaban J connectivity index is 2.14. The second kappa shape index (κ2) is 6.99. The third kappa shape index (κ3) is 3.61. The van der Waals surface area contributed by atoms with Gasteiger partial charge in [0, 0.05) is 37.6 Å². The Bertz CT molecular complexity index is 480. The molecule has 0 aromatic carbocycles. The molecule has 0 aliphatic carbocycles. The molecule has 0 bridgehead atoms. The van der Waals surface area contributed by atoms with Crippen molar-refractivity contribution in [1.82, 2.24) is 25.1 Å². The molecule has 0 amide bonds. The average molecular weight is 259 g/mol. The average Bonchev–Trinajstić information content (AvgIpc) is 2.87. The van der Waals surface area contributed by atoms with Gasteiger partial charge < -0.3 is 9.88 Å². The second-order valence-corrected chi connectivity index (χ2v) is 4.53. The number of nitrogens with one attached hydrogen (secondary N) is 1. The summed E-state index contributed by atoms with van der Waals surface area (Å²) in [5.74, 6) is 1.12. The number of hydrogen-bond donors (Lipinski definition) is 1. The highest BCUT2D eigenvalue weighted by molar-refractivity contribution is 5.14. The lowest BCUT2D eigenvalue weighted by Gasteiger charge is -2.18. The van der Waals surface area contributed by atoms with Gasteiger partial charge in [0.1, 0.15) is 5.82 Å². The number of aromatic nitrogens is 4. The molecule has 1 atom stereocenters. The molecule has 0 saturated heterocycles. The summed E-state index contributed by atoms with van der Waals surface area (Å²) >= 11 is 0. The third-order valence-electron chi connectivity index (χ3n) is 3.11. The summed E-state index contributed by atoms with van der Waals surface area (Å²) in [6.07, 6.45) is 9.46. The van der Waals surface area contributed by atoms with Crippen molar-refractivity contribution in [3.05, 3.63) is 42.2 Å². The molecular formula is C14H21N5. The van der Waals surface area contributed by atoms with Crippen LogP contribution in [0.4, 0.5) is 0 Å². The lowest BCUT2D eigenvalue weighted by atomic mass is 10.1. The number of aryl methyl sites for hydroxylation is 1. The van der Waals surface area contributed by atoms with Crippen LogP contribution in [0.2, 0.25) is 0 Å². The summed E-state index contributed by atoms with van der Waals surface area (Å²) < 4.78 is 2.22. The minimum Gasteiger partial charge on any atom is -0.335 e. The van der Waals surface area contributed by atoms with Crippen LogP contribution in [0, 0.1) is 0 Å². The molecule has 102 valence electrons.